The highest BCUT2D eigenvalue weighted by atomic mass is 16.3. The summed E-state index contributed by atoms with van der Waals surface area (Å²) >= 11 is 0. The second-order valence-corrected chi connectivity index (χ2v) is 7.72. The van der Waals surface area contributed by atoms with Crippen LogP contribution < -0.4 is 5.32 Å². The Hall–Kier alpha value is -3.42. The van der Waals surface area contributed by atoms with Crippen LogP contribution in [0.15, 0.2) is 46.9 Å². The highest BCUT2D eigenvalue weighted by molar-refractivity contribution is 6.01. The summed E-state index contributed by atoms with van der Waals surface area (Å²) < 4.78 is 7.39. The molecule has 148 valence electrons. The summed E-state index contributed by atoms with van der Waals surface area (Å²) in [5, 5.41) is 11.2. The predicted octanol–water partition coefficient (Wildman–Crippen LogP) is 2.38. The molecule has 2 aliphatic rings. The van der Waals surface area contributed by atoms with Crippen LogP contribution in [0.5, 0.6) is 0 Å². The van der Waals surface area contributed by atoms with Crippen LogP contribution in [0, 0.1) is 18.8 Å². The highest BCUT2D eigenvalue weighted by Gasteiger charge is 2.41. The number of amides is 2. The molecule has 0 spiro atoms. The lowest BCUT2D eigenvalue weighted by atomic mass is 9.89. The molecule has 0 bridgehead atoms. The molecule has 0 saturated carbocycles. The summed E-state index contributed by atoms with van der Waals surface area (Å²) in [7, 11) is 0. The Balaban J connectivity index is 1.31. The number of benzene rings is 1. The van der Waals surface area contributed by atoms with Crippen molar-refractivity contribution < 1.29 is 14.0 Å². The van der Waals surface area contributed by atoms with Gasteiger partial charge >= 0.3 is 0 Å². The van der Waals surface area contributed by atoms with Gasteiger partial charge in [0.15, 0.2) is 5.76 Å². The van der Waals surface area contributed by atoms with Gasteiger partial charge in [0.05, 0.1) is 0 Å². The van der Waals surface area contributed by atoms with Crippen LogP contribution in [0.4, 0.5) is 5.69 Å². The summed E-state index contributed by atoms with van der Waals surface area (Å²) in [4.78, 5) is 27.3. The van der Waals surface area contributed by atoms with Crippen molar-refractivity contribution in [3.63, 3.8) is 0 Å². The third-order valence-electron chi connectivity index (χ3n) is 5.74. The van der Waals surface area contributed by atoms with Crippen molar-refractivity contribution in [1.29, 1.82) is 0 Å². The molecule has 8 nitrogen and oxygen atoms in total. The van der Waals surface area contributed by atoms with E-state index in [1.807, 2.05) is 46.7 Å². The molecule has 0 aliphatic carbocycles. The number of nitrogens with zero attached hydrogens (tertiary/aromatic N) is 4. The van der Waals surface area contributed by atoms with E-state index in [2.05, 4.69) is 15.5 Å². The van der Waals surface area contributed by atoms with Crippen LogP contribution in [0.25, 0.3) is 0 Å². The zero-order valence-electron chi connectivity index (χ0n) is 16.0. The monoisotopic (exact) mass is 391 g/mol. The smallest absolute Gasteiger partial charge is 0.293 e. The zero-order valence-corrected chi connectivity index (χ0v) is 16.0. The molecule has 8 heteroatoms. The fraction of sp³-hybridized carbons (Fsp3) is 0.333. The molecule has 1 aromatic carbocycles. The minimum absolute atomic E-state index is 0.0784. The number of hydrogen-bond donors (Lipinski definition) is 1. The predicted molar refractivity (Wildman–Crippen MR) is 104 cm³/mol. The number of hydrogen-bond acceptors (Lipinski definition) is 5. The first-order chi connectivity index (χ1) is 14.1. The van der Waals surface area contributed by atoms with Crippen molar-refractivity contribution in [3.8, 4) is 0 Å². The molecule has 1 N–H and O–H groups in total. The fourth-order valence-electron chi connectivity index (χ4n) is 4.27. The molecular formula is C21H21N5O3. The Labute approximate surface area is 167 Å². The van der Waals surface area contributed by atoms with E-state index in [4.69, 9.17) is 4.42 Å². The summed E-state index contributed by atoms with van der Waals surface area (Å²) in [5.41, 5.74) is 0.718. The largest absolute Gasteiger partial charge is 0.456 e. The van der Waals surface area contributed by atoms with Gasteiger partial charge < -0.3 is 19.2 Å². The number of aryl methyl sites for hydroxylation is 1. The first kappa shape index (κ1) is 17.7. The lowest BCUT2D eigenvalue weighted by Crippen LogP contribution is -2.31. The molecule has 2 amide bonds. The molecule has 3 aromatic rings. The molecule has 2 atom stereocenters. The maximum absolute atomic E-state index is 12.7. The maximum Gasteiger partial charge on any atom is 0.293 e. The lowest BCUT2D eigenvalue weighted by Gasteiger charge is -2.25. The molecular weight excluding hydrogens is 370 g/mol. The number of carbonyl (C=O) groups is 2. The summed E-state index contributed by atoms with van der Waals surface area (Å²) in [6.45, 7) is 3.77. The Morgan fingerprint density at radius 3 is 2.59 bits per heavy atom. The van der Waals surface area contributed by atoms with Gasteiger partial charge in [0.1, 0.15) is 11.6 Å². The first-order valence-corrected chi connectivity index (χ1v) is 9.72. The Kier molecular flexibility index (Phi) is 4.19. The lowest BCUT2D eigenvalue weighted by molar-refractivity contribution is 0.0750. The molecule has 4 heterocycles. The van der Waals surface area contributed by atoms with Crippen molar-refractivity contribution in [2.75, 3.05) is 18.4 Å². The Bertz CT molecular complexity index is 1070. The minimum Gasteiger partial charge on any atom is -0.456 e. The number of anilines is 1. The van der Waals surface area contributed by atoms with Crippen molar-refractivity contribution in [3.05, 3.63) is 65.6 Å². The number of carbonyl (C=O) groups excluding carboxylic acids is 2. The Morgan fingerprint density at radius 2 is 1.83 bits per heavy atom. The van der Waals surface area contributed by atoms with Crippen LogP contribution in [0.1, 0.15) is 32.8 Å². The maximum atomic E-state index is 12.7. The second-order valence-electron chi connectivity index (χ2n) is 7.72. The molecule has 2 aliphatic heterocycles. The van der Waals surface area contributed by atoms with Crippen molar-refractivity contribution in [1.82, 2.24) is 19.7 Å². The number of rotatable bonds is 3. The van der Waals surface area contributed by atoms with Crippen molar-refractivity contribution in [2.45, 2.75) is 19.9 Å². The van der Waals surface area contributed by atoms with Crippen LogP contribution in [-0.2, 0) is 13.0 Å². The topological polar surface area (TPSA) is 93.3 Å². The van der Waals surface area contributed by atoms with E-state index in [-0.39, 0.29) is 17.7 Å². The number of para-hydroxylation sites is 1. The summed E-state index contributed by atoms with van der Waals surface area (Å²) in [6, 6.07) is 12.8. The van der Waals surface area contributed by atoms with Gasteiger partial charge in [-0.25, -0.2) is 0 Å². The van der Waals surface area contributed by atoms with E-state index in [0.717, 1.165) is 17.3 Å². The highest BCUT2D eigenvalue weighted by Crippen LogP contribution is 2.33. The average Bonchev–Trinajstić information content (AvgIpc) is 3.43. The van der Waals surface area contributed by atoms with E-state index < -0.39 is 0 Å². The van der Waals surface area contributed by atoms with Crippen LogP contribution in [0.2, 0.25) is 0 Å². The standard InChI is InChI=1S/C21H21N5O3/c1-13-7-8-17(29-13)21(28)25-10-14-9-18-23-24-19(26(18)12-15(14)11-25)20(27)22-16-5-3-2-4-6-16/h2-8,14-15H,9-12H2,1H3,(H,22,27)/t14-,15+/m0/s1. The van der Waals surface area contributed by atoms with Crippen LogP contribution >= 0.6 is 0 Å². The Morgan fingerprint density at radius 1 is 1.03 bits per heavy atom. The first-order valence-electron chi connectivity index (χ1n) is 9.72. The van der Waals surface area contributed by atoms with Gasteiger partial charge in [0.2, 0.25) is 5.82 Å². The third-order valence-corrected chi connectivity index (χ3v) is 5.74. The van der Waals surface area contributed by atoms with Gasteiger partial charge in [-0.15, -0.1) is 10.2 Å². The number of likely N-dealkylation sites (tertiary alicyclic amines) is 1. The van der Waals surface area contributed by atoms with Crippen LogP contribution in [0.3, 0.4) is 0 Å². The number of furan rings is 1. The van der Waals surface area contributed by atoms with Gasteiger partial charge in [-0.1, -0.05) is 18.2 Å². The molecule has 2 aromatic heterocycles. The summed E-state index contributed by atoms with van der Waals surface area (Å²) in [5.74, 6) is 2.45. The molecule has 29 heavy (non-hydrogen) atoms. The molecule has 0 radical (unpaired) electrons. The van der Waals surface area contributed by atoms with E-state index in [0.29, 0.717) is 43.6 Å². The number of fused-ring (bicyclic) bond motifs is 2. The normalized spacial score (nSPS) is 20.2. The van der Waals surface area contributed by atoms with Gasteiger partial charge in [0.25, 0.3) is 11.8 Å². The minimum atomic E-state index is -0.273. The SMILES string of the molecule is Cc1ccc(C(=O)N2C[C@@H]3Cn4c(nnc4C(=O)Nc4ccccc4)C[C@H]3C2)o1. The molecule has 0 unspecified atom stereocenters. The number of aromatic nitrogens is 3. The zero-order chi connectivity index (χ0) is 20.0. The second kappa shape index (κ2) is 6.88. The van der Waals surface area contributed by atoms with Gasteiger partial charge in [-0.3, -0.25) is 9.59 Å². The quantitative estimate of drug-likeness (QED) is 0.740. The van der Waals surface area contributed by atoms with E-state index in [1.54, 1.807) is 12.1 Å². The third kappa shape index (κ3) is 3.20. The van der Waals surface area contributed by atoms with Crippen molar-refractivity contribution in [2.24, 2.45) is 11.8 Å². The molecule has 1 fully saturated rings. The van der Waals surface area contributed by atoms with E-state index >= 15 is 0 Å². The van der Waals surface area contributed by atoms with Gasteiger partial charge in [-0.05, 0) is 43.0 Å². The summed E-state index contributed by atoms with van der Waals surface area (Å²) in [6.07, 6.45) is 0.706. The van der Waals surface area contributed by atoms with E-state index in [9.17, 15) is 9.59 Å². The van der Waals surface area contributed by atoms with Crippen LogP contribution in [-0.4, -0.2) is 44.6 Å². The molecule has 5 rings (SSSR count). The van der Waals surface area contributed by atoms with Crippen molar-refractivity contribution >= 4 is 17.5 Å². The fourth-order valence-corrected chi connectivity index (χ4v) is 4.27. The van der Waals surface area contributed by atoms with Gasteiger partial charge in [0, 0.05) is 31.7 Å². The molecule has 1 saturated heterocycles. The average molecular weight is 391 g/mol. The number of nitrogens with one attached hydrogen (secondary N) is 1. The van der Waals surface area contributed by atoms with Gasteiger partial charge in [-0.2, -0.15) is 0 Å². The van der Waals surface area contributed by atoms with E-state index in [1.165, 1.54) is 0 Å².